The Balaban J connectivity index is 1.42. The van der Waals surface area contributed by atoms with Gasteiger partial charge in [0.1, 0.15) is 11.6 Å². The Morgan fingerprint density at radius 2 is 1.97 bits per heavy atom. The molecule has 0 saturated heterocycles. The molecule has 0 bridgehead atoms. The molecule has 2 aromatic heterocycles. The highest BCUT2D eigenvalue weighted by Gasteiger charge is 2.51. The van der Waals surface area contributed by atoms with Gasteiger partial charge in [-0.25, -0.2) is 4.98 Å². The van der Waals surface area contributed by atoms with Gasteiger partial charge in [-0.2, -0.15) is 0 Å². The fraction of sp³-hybridized carbons (Fsp3) is 0.292. The van der Waals surface area contributed by atoms with Crippen molar-refractivity contribution in [2.45, 2.75) is 38.5 Å². The van der Waals surface area contributed by atoms with Crippen LogP contribution in [0.1, 0.15) is 35.1 Å². The molecule has 5 rings (SSSR count). The molecule has 0 atom stereocenters. The van der Waals surface area contributed by atoms with Crippen LogP contribution in [0, 0.1) is 13.8 Å². The van der Waals surface area contributed by atoms with E-state index in [0.29, 0.717) is 18.0 Å². The van der Waals surface area contributed by atoms with Crippen molar-refractivity contribution in [3.63, 3.8) is 0 Å². The number of amides is 1. The monoisotopic (exact) mass is 401 g/mol. The normalized spacial score (nSPS) is 15.9. The number of ether oxygens (including phenoxy) is 1. The van der Waals surface area contributed by atoms with Crippen LogP contribution >= 0.6 is 0 Å². The average molecular weight is 401 g/mol. The highest BCUT2D eigenvalue weighted by atomic mass is 16.5. The Morgan fingerprint density at radius 3 is 2.73 bits per heavy atom. The van der Waals surface area contributed by atoms with E-state index in [1.165, 1.54) is 5.56 Å². The number of anilines is 1. The van der Waals surface area contributed by atoms with Crippen LogP contribution < -0.4 is 15.6 Å². The predicted molar refractivity (Wildman–Crippen MR) is 115 cm³/mol. The molecule has 3 aromatic rings. The van der Waals surface area contributed by atoms with Gasteiger partial charge in [0, 0.05) is 23.7 Å². The van der Waals surface area contributed by atoms with Gasteiger partial charge < -0.3 is 15.0 Å². The smallest absolute Gasteiger partial charge is 0.250 e. The fourth-order valence-electron chi connectivity index (χ4n) is 4.12. The summed E-state index contributed by atoms with van der Waals surface area (Å²) in [5, 5.41) is 3.02. The summed E-state index contributed by atoms with van der Waals surface area (Å²) in [6, 6.07) is 11.7. The third kappa shape index (κ3) is 3.09. The van der Waals surface area contributed by atoms with Gasteiger partial charge in [-0.05, 0) is 61.6 Å². The van der Waals surface area contributed by atoms with Gasteiger partial charge in [0.25, 0.3) is 5.56 Å². The number of nitrogens with zero attached hydrogens (tertiary/aromatic N) is 1. The maximum atomic E-state index is 13.2. The second kappa shape index (κ2) is 6.83. The zero-order valence-electron chi connectivity index (χ0n) is 17.0. The number of pyridine rings is 2. The fourth-order valence-corrected chi connectivity index (χ4v) is 4.12. The van der Waals surface area contributed by atoms with Crippen molar-refractivity contribution in [3.8, 4) is 17.0 Å². The van der Waals surface area contributed by atoms with Crippen LogP contribution in [0.3, 0.4) is 0 Å². The molecule has 2 N–H and O–H groups in total. The minimum Gasteiger partial charge on any atom is -0.493 e. The van der Waals surface area contributed by atoms with E-state index in [-0.39, 0.29) is 11.5 Å². The summed E-state index contributed by atoms with van der Waals surface area (Å²) in [5.74, 6) is 1.41. The first kappa shape index (κ1) is 18.6. The van der Waals surface area contributed by atoms with Crippen LogP contribution in [0.2, 0.25) is 0 Å². The molecule has 6 heteroatoms. The Hall–Kier alpha value is -3.41. The van der Waals surface area contributed by atoms with Crippen LogP contribution in [0.25, 0.3) is 11.3 Å². The van der Waals surface area contributed by atoms with Gasteiger partial charge in [-0.1, -0.05) is 18.2 Å². The van der Waals surface area contributed by atoms with Crippen molar-refractivity contribution < 1.29 is 9.53 Å². The van der Waals surface area contributed by atoms with Crippen LogP contribution in [0.4, 0.5) is 5.82 Å². The molecule has 1 amide bonds. The minimum atomic E-state index is -0.487. The van der Waals surface area contributed by atoms with Gasteiger partial charge in [-0.15, -0.1) is 0 Å². The minimum absolute atomic E-state index is 0.0266. The molecule has 2 aliphatic rings. The summed E-state index contributed by atoms with van der Waals surface area (Å²) in [6.07, 6.45) is 4.21. The molecule has 1 fully saturated rings. The molecule has 1 saturated carbocycles. The van der Waals surface area contributed by atoms with Crippen LogP contribution in [-0.4, -0.2) is 22.5 Å². The maximum absolute atomic E-state index is 13.2. The zero-order valence-corrected chi connectivity index (χ0v) is 17.0. The van der Waals surface area contributed by atoms with E-state index in [2.05, 4.69) is 21.4 Å². The molecular formula is C24H23N3O3. The Bertz CT molecular complexity index is 1220. The number of H-pyrrole nitrogens is 1. The third-order valence-electron chi connectivity index (χ3n) is 6.13. The third-order valence-corrected chi connectivity index (χ3v) is 6.13. The summed E-state index contributed by atoms with van der Waals surface area (Å²) in [7, 11) is 0. The van der Waals surface area contributed by atoms with E-state index in [1.807, 2.05) is 37.3 Å². The van der Waals surface area contributed by atoms with E-state index in [4.69, 9.17) is 4.74 Å². The number of fused-ring (bicyclic) bond motifs is 1. The first-order chi connectivity index (χ1) is 14.5. The first-order valence-electron chi connectivity index (χ1n) is 10.2. The summed E-state index contributed by atoms with van der Waals surface area (Å²) >= 11 is 0. The molecule has 6 nitrogen and oxygen atoms in total. The Morgan fingerprint density at radius 1 is 1.13 bits per heavy atom. The molecule has 3 heterocycles. The summed E-state index contributed by atoms with van der Waals surface area (Å²) in [4.78, 5) is 32.3. The summed E-state index contributed by atoms with van der Waals surface area (Å²) in [5.41, 5.74) is 4.78. The summed E-state index contributed by atoms with van der Waals surface area (Å²) in [6.45, 7) is 4.43. The number of rotatable bonds is 4. The van der Waals surface area contributed by atoms with Crippen molar-refractivity contribution in [1.82, 2.24) is 9.97 Å². The van der Waals surface area contributed by atoms with Crippen LogP contribution in [0.5, 0.6) is 5.75 Å². The Kier molecular flexibility index (Phi) is 4.24. The lowest BCUT2D eigenvalue weighted by Crippen LogP contribution is -2.28. The second-order valence-electron chi connectivity index (χ2n) is 8.22. The van der Waals surface area contributed by atoms with E-state index >= 15 is 0 Å². The van der Waals surface area contributed by atoms with Crippen molar-refractivity contribution in [2.75, 3.05) is 11.9 Å². The molecule has 30 heavy (non-hydrogen) atoms. The first-order valence-corrected chi connectivity index (χ1v) is 10.2. The molecule has 1 aliphatic heterocycles. The number of hydrogen-bond acceptors (Lipinski definition) is 4. The van der Waals surface area contributed by atoms with Gasteiger partial charge in [-0.3, -0.25) is 9.59 Å². The van der Waals surface area contributed by atoms with Gasteiger partial charge in [0.15, 0.2) is 0 Å². The van der Waals surface area contributed by atoms with Crippen LogP contribution in [-0.2, 0) is 16.6 Å². The van der Waals surface area contributed by atoms with E-state index < -0.39 is 5.41 Å². The lowest BCUT2D eigenvalue weighted by Gasteiger charge is -2.17. The largest absolute Gasteiger partial charge is 0.493 e. The number of carbonyl (C=O) groups excluding carboxylic acids is 1. The van der Waals surface area contributed by atoms with Gasteiger partial charge >= 0.3 is 0 Å². The second-order valence-corrected chi connectivity index (χ2v) is 8.22. The van der Waals surface area contributed by atoms with Crippen molar-refractivity contribution in [2.24, 2.45) is 0 Å². The molecule has 152 valence electrons. The van der Waals surface area contributed by atoms with Crippen molar-refractivity contribution >= 4 is 11.7 Å². The summed E-state index contributed by atoms with van der Waals surface area (Å²) < 4.78 is 5.59. The number of aromatic nitrogens is 2. The average Bonchev–Trinajstić information content (AvgIpc) is 3.42. The Labute approximate surface area is 174 Å². The molecule has 0 spiro atoms. The van der Waals surface area contributed by atoms with Gasteiger partial charge in [0.05, 0.1) is 17.7 Å². The van der Waals surface area contributed by atoms with E-state index in [1.54, 1.807) is 13.1 Å². The molecule has 1 aliphatic carbocycles. The lowest BCUT2D eigenvalue weighted by molar-refractivity contribution is -0.118. The van der Waals surface area contributed by atoms with Crippen molar-refractivity contribution in [3.05, 3.63) is 75.2 Å². The molecule has 0 unspecified atom stereocenters. The highest BCUT2D eigenvalue weighted by molar-refractivity contribution is 6.01. The zero-order chi connectivity index (χ0) is 20.9. The SMILES string of the molecule is Cc1ccc(NC(=O)C2(c3ccc4c(c3)CCO4)CC2)nc1-c1c[nH]c(=O)c(C)c1. The topological polar surface area (TPSA) is 84.1 Å². The predicted octanol–water partition coefficient (Wildman–Crippen LogP) is 3.66. The quantitative estimate of drug-likeness (QED) is 0.699. The van der Waals surface area contributed by atoms with Gasteiger partial charge in [0.2, 0.25) is 5.91 Å². The number of benzene rings is 1. The number of aryl methyl sites for hydroxylation is 2. The maximum Gasteiger partial charge on any atom is 0.250 e. The number of nitrogens with one attached hydrogen (secondary N) is 2. The highest BCUT2D eigenvalue weighted by Crippen LogP contribution is 2.50. The molecular weight excluding hydrogens is 378 g/mol. The van der Waals surface area contributed by atoms with E-state index in [0.717, 1.165) is 47.4 Å². The number of aromatic amines is 1. The van der Waals surface area contributed by atoms with E-state index in [9.17, 15) is 9.59 Å². The standard InChI is InChI=1S/C24H23N3O3/c1-14-3-6-20(26-21(14)17-11-15(2)22(28)25-13-17)27-23(29)24(8-9-24)18-4-5-19-16(12-18)7-10-30-19/h3-6,11-13H,7-10H2,1-2H3,(H,25,28)(H,26,27,29). The van der Waals surface area contributed by atoms with Crippen molar-refractivity contribution in [1.29, 1.82) is 0 Å². The molecule has 0 radical (unpaired) electrons. The van der Waals surface area contributed by atoms with Crippen LogP contribution in [0.15, 0.2) is 47.4 Å². The molecule has 1 aromatic carbocycles. The lowest BCUT2D eigenvalue weighted by atomic mass is 9.93. The number of hydrogen-bond donors (Lipinski definition) is 2. The number of carbonyl (C=O) groups is 1.